The first-order chi connectivity index (χ1) is 42.0. The van der Waals surface area contributed by atoms with Gasteiger partial charge in [0.25, 0.3) is 0 Å². The first-order valence-electron chi connectivity index (χ1n) is 28.9. The maximum Gasteiger partial charge on any atom is 0.143 e. The maximum absolute atomic E-state index is 6.90. The molecule has 0 saturated carbocycles. The Morgan fingerprint density at radius 1 is 0.353 bits per heavy atom. The van der Waals surface area contributed by atoms with Gasteiger partial charge in [-0.3, -0.25) is 0 Å². The van der Waals surface area contributed by atoms with Crippen molar-refractivity contribution in [1.29, 1.82) is 0 Å². The summed E-state index contributed by atoms with van der Waals surface area (Å²) in [5, 5.41) is 5.10. The molecule has 0 fully saturated rings. The molecule has 3 heterocycles. The quantitative estimate of drug-likeness (QED) is 0.135. The standard InChI is InChI=1S/C80H50ClNO2S/c81-56-39-36-51(37-40-56)54-38-42-69-65(44-54)60-28-13-16-32-68(60)80(69)70-43-41-58(82(57-26-11-4-12-27-57)59-47-64(52-22-7-2-8-23-52)78-66(48-59)61-29-14-17-34-72(61)84-78)49-75(70)85-79-63(31-19-33-71(79)80)76(53-24-9-3-10-25-53)67-45-55(50-20-5-1-6-21-50)46-74-77(67)62-30-15-18-35-73(62)83-74/h1-49,76H. The SMILES string of the molecule is Clc1ccc(-c2ccc3c(c2)-c2ccccc2C32c3ccc(N(c4ccccc4)c4cc(-c5ccccc5)c5oc6ccccc6c5c4)cc3Sc3c(C(c4ccccc4)c4cc(-c5ccccc5)cc5oc6ccccc6c45)cccc32)cc1. The number of furan rings is 2. The molecule has 400 valence electrons. The number of para-hydroxylation sites is 3. The minimum atomic E-state index is -0.716. The molecule has 1 aliphatic carbocycles. The van der Waals surface area contributed by atoms with Crippen molar-refractivity contribution in [3.05, 3.63) is 341 Å². The maximum atomic E-state index is 6.90. The summed E-state index contributed by atoms with van der Waals surface area (Å²) in [7, 11) is 0. The summed E-state index contributed by atoms with van der Waals surface area (Å²) in [6.07, 6.45) is 0. The van der Waals surface area contributed by atoms with Gasteiger partial charge in [-0.25, -0.2) is 0 Å². The van der Waals surface area contributed by atoms with Crippen molar-refractivity contribution in [2.45, 2.75) is 21.1 Å². The zero-order valence-electron chi connectivity index (χ0n) is 45.9. The molecule has 0 N–H and O–H groups in total. The van der Waals surface area contributed by atoms with Gasteiger partial charge in [0, 0.05) is 64.9 Å². The average molecular weight is 1120 g/mol. The molecule has 3 nitrogen and oxygen atoms in total. The molecule has 2 aromatic heterocycles. The number of rotatable bonds is 9. The Labute approximate surface area is 501 Å². The van der Waals surface area contributed by atoms with Crippen LogP contribution in [-0.2, 0) is 5.41 Å². The van der Waals surface area contributed by atoms with Gasteiger partial charge in [0.2, 0.25) is 0 Å². The summed E-state index contributed by atoms with van der Waals surface area (Å²) in [6.45, 7) is 0. The van der Waals surface area contributed by atoms with Crippen LogP contribution in [0.25, 0.3) is 88.4 Å². The van der Waals surface area contributed by atoms with E-state index < -0.39 is 5.41 Å². The predicted octanol–water partition coefficient (Wildman–Crippen LogP) is 22.6. The second-order valence-corrected chi connectivity index (χ2v) is 23.8. The van der Waals surface area contributed by atoms with Crippen molar-refractivity contribution in [3.8, 4) is 44.5 Å². The molecule has 1 spiro atoms. The number of benzene rings is 13. The smallest absolute Gasteiger partial charge is 0.143 e. The van der Waals surface area contributed by atoms with Crippen molar-refractivity contribution in [1.82, 2.24) is 0 Å². The van der Waals surface area contributed by atoms with Crippen molar-refractivity contribution in [2.24, 2.45) is 0 Å². The highest BCUT2D eigenvalue weighted by Gasteiger charge is 2.51. The van der Waals surface area contributed by atoms with E-state index in [1.54, 1.807) is 0 Å². The fourth-order valence-corrected chi connectivity index (χ4v) is 15.5. The normalized spacial score (nSPS) is 14.4. The lowest BCUT2D eigenvalue weighted by Crippen LogP contribution is -2.32. The van der Waals surface area contributed by atoms with E-state index >= 15 is 0 Å². The van der Waals surface area contributed by atoms with Gasteiger partial charge < -0.3 is 13.7 Å². The largest absolute Gasteiger partial charge is 0.456 e. The van der Waals surface area contributed by atoms with Gasteiger partial charge in [0.1, 0.15) is 22.3 Å². The topological polar surface area (TPSA) is 29.5 Å². The van der Waals surface area contributed by atoms with Gasteiger partial charge in [0.05, 0.1) is 5.41 Å². The number of hydrogen-bond donors (Lipinski definition) is 0. The highest BCUT2D eigenvalue weighted by molar-refractivity contribution is 7.99. The van der Waals surface area contributed by atoms with E-state index in [1.807, 2.05) is 23.9 Å². The molecular weight excluding hydrogens is 1070 g/mol. The lowest BCUT2D eigenvalue weighted by atomic mass is 9.66. The van der Waals surface area contributed by atoms with Crippen LogP contribution in [0.5, 0.6) is 0 Å². The van der Waals surface area contributed by atoms with Crippen LogP contribution in [-0.4, -0.2) is 0 Å². The molecule has 2 unspecified atom stereocenters. The van der Waals surface area contributed by atoms with Crippen molar-refractivity contribution in [3.63, 3.8) is 0 Å². The summed E-state index contributed by atoms with van der Waals surface area (Å²) in [6, 6.07) is 108. The number of nitrogens with zero attached hydrogens (tertiary/aromatic N) is 1. The molecular formula is C80H50ClNO2S. The second-order valence-electron chi connectivity index (χ2n) is 22.3. The first-order valence-corrected chi connectivity index (χ1v) is 30.1. The molecule has 13 aromatic carbocycles. The number of fused-ring (bicyclic) bond motifs is 15. The molecule has 0 bridgehead atoms. The minimum absolute atomic E-state index is 0.213. The van der Waals surface area contributed by atoms with Crippen molar-refractivity contribution in [2.75, 3.05) is 4.90 Å². The lowest BCUT2D eigenvalue weighted by Gasteiger charge is -2.41. The summed E-state index contributed by atoms with van der Waals surface area (Å²) >= 11 is 8.41. The van der Waals surface area contributed by atoms with Crippen LogP contribution in [0.4, 0.5) is 17.1 Å². The molecule has 1 aliphatic heterocycles. The molecule has 0 amide bonds. The molecule has 15 aromatic rings. The van der Waals surface area contributed by atoms with Gasteiger partial charge in [-0.05, 0) is 157 Å². The fraction of sp³-hybridized carbons (Fsp3) is 0.0250. The third-order valence-corrected chi connectivity index (χ3v) is 19.2. The van der Waals surface area contributed by atoms with Crippen LogP contribution in [0.1, 0.15) is 44.9 Å². The van der Waals surface area contributed by atoms with Crippen LogP contribution < -0.4 is 4.90 Å². The molecule has 0 radical (unpaired) electrons. The van der Waals surface area contributed by atoms with E-state index in [9.17, 15) is 0 Å². The molecule has 5 heteroatoms. The fourth-order valence-electron chi connectivity index (χ4n) is 14.1. The van der Waals surface area contributed by atoms with E-state index in [0.717, 1.165) is 99.3 Å². The lowest BCUT2D eigenvalue weighted by molar-refractivity contribution is 0.668. The predicted molar refractivity (Wildman–Crippen MR) is 352 cm³/mol. The highest BCUT2D eigenvalue weighted by atomic mass is 35.5. The van der Waals surface area contributed by atoms with Gasteiger partial charge in [-0.1, -0.05) is 242 Å². The first kappa shape index (κ1) is 49.5. The molecule has 0 saturated heterocycles. The molecule has 85 heavy (non-hydrogen) atoms. The number of halogens is 1. The Bertz CT molecular complexity index is 5110. The van der Waals surface area contributed by atoms with E-state index in [2.05, 4.69) is 290 Å². The Hall–Kier alpha value is -10.1. The third-order valence-electron chi connectivity index (χ3n) is 17.7. The van der Waals surface area contributed by atoms with Crippen LogP contribution in [0.15, 0.2) is 316 Å². The zero-order chi connectivity index (χ0) is 56.2. The Morgan fingerprint density at radius 2 is 0.976 bits per heavy atom. The minimum Gasteiger partial charge on any atom is -0.456 e. The Balaban J connectivity index is 0.953. The van der Waals surface area contributed by atoms with Crippen LogP contribution in [0.2, 0.25) is 5.02 Å². The zero-order valence-corrected chi connectivity index (χ0v) is 47.5. The van der Waals surface area contributed by atoms with Gasteiger partial charge in [-0.2, -0.15) is 0 Å². The van der Waals surface area contributed by atoms with E-state index in [0.29, 0.717) is 0 Å². The monoisotopic (exact) mass is 1120 g/mol. The van der Waals surface area contributed by atoms with Crippen molar-refractivity contribution < 1.29 is 8.83 Å². The van der Waals surface area contributed by atoms with Gasteiger partial charge in [0.15, 0.2) is 0 Å². The molecule has 2 atom stereocenters. The summed E-state index contributed by atoms with van der Waals surface area (Å²) in [5.74, 6) is -0.213. The van der Waals surface area contributed by atoms with Crippen molar-refractivity contribution >= 4 is 84.3 Å². The summed E-state index contributed by atoms with van der Waals surface area (Å²) in [5.41, 5.74) is 23.7. The van der Waals surface area contributed by atoms with E-state index in [1.165, 1.54) is 59.9 Å². The average Bonchev–Trinajstić information content (AvgIpc) is 1.77. The number of anilines is 3. The molecule has 17 rings (SSSR count). The second kappa shape index (κ2) is 19.8. The van der Waals surface area contributed by atoms with Crippen LogP contribution >= 0.6 is 23.4 Å². The number of hydrogen-bond acceptors (Lipinski definition) is 4. The highest BCUT2D eigenvalue weighted by Crippen LogP contribution is 2.64. The Morgan fingerprint density at radius 3 is 1.76 bits per heavy atom. The third kappa shape index (κ3) is 7.83. The summed E-state index contributed by atoms with van der Waals surface area (Å²) < 4.78 is 13.7. The summed E-state index contributed by atoms with van der Waals surface area (Å²) in [4.78, 5) is 4.85. The van der Waals surface area contributed by atoms with E-state index in [-0.39, 0.29) is 5.92 Å². The van der Waals surface area contributed by atoms with Crippen LogP contribution in [0.3, 0.4) is 0 Å². The molecule has 2 aliphatic rings. The Kier molecular flexibility index (Phi) is 11.5. The van der Waals surface area contributed by atoms with E-state index in [4.69, 9.17) is 20.4 Å². The van der Waals surface area contributed by atoms with Gasteiger partial charge >= 0.3 is 0 Å². The van der Waals surface area contributed by atoms with Crippen LogP contribution in [0, 0.1) is 0 Å². The van der Waals surface area contributed by atoms with Gasteiger partial charge in [-0.15, -0.1) is 0 Å².